The fraction of sp³-hybridized carbons (Fsp3) is 0.955. The molecule has 2 rings (SSSR count). The Morgan fingerprint density at radius 1 is 0.875 bits per heavy atom. The zero-order valence-corrected chi connectivity index (χ0v) is 16.2. The van der Waals surface area contributed by atoms with Gasteiger partial charge < -0.3 is 4.74 Å². The molecule has 2 fully saturated rings. The van der Waals surface area contributed by atoms with Crippen LogP contribution in [0.5, 0.6) is 0 Å². The SMILES string of the molecule is CCCCC1CCC(OCC2(C#N)CCC(CCCC)CC2)CC1. The van der Waals surface area contributed by atoms with Crippen molar-refractivity contribution >= 4 is 0 Å². The van der Waals surface area contributed by atoms with Gasteiger partial charge in [0.15, 0.2) is 0 Å². The molecule has 0 aromatic heterocycles. The largest absolute Gasteiger partial charge is 0.377 e. The van der Waals surface area contributed by atoms with Crippen LogP contribution in [0.2, 0.25) is 0 Å². The lowest BCUT2D eigenvalue weighted by atomic mass is 9.70. The van der Waals surface area contributed by atoms with E-state index in [4.69, 9.17) is 4.74 Å². The number of rotatable bonds is 9. The summed E-state index contributed by atoms with van der Waals surface area (Å²) in [6, 6.07) is 2.65. The molecule has 2 aliphatic rings. The molecular formula is C22H39NO. The van der Waals surface area contributed by atoms with Gasteiger partial charge in [-0.1, -0.05) is 52.4 Å². The van der Waals surface area contributed by atoms with E-state index in [9.17, 15) is 5.26 Å². The van der Waals surface area contributed by atoms with E-state index < -0.39 is 0 Å². The van der Waals surface area contributed by atoms with Crippen LogP contribution in [-0.2, 0) is 4.74 Å². The van der Waals surface area contributed by atoms with Gasteiger partial charge in [-0.2, -0.15) is 5.26 Å². The molecular weight excluding hydrogens is 294 g/mol. The average Bonchev–Trinajstić information content (AvgIpc) is 2.65. The predicted molar refractivity (Wildman–Crippen MR) is 101 cm³/mol. The quantitative estimate of drug-likeness (QED) is 0.473. The molecule has 138 valence electrons. The van der Waals surface area contributed by atoms with Crippen molar-refractivity contribution in [3.63, 3.8) is 0 Å². The topological polar surface area (TPSA) is 33.0 Å². The van der Waals surface area contributed by atoms with Crippen LogP contribution < -0.4 is 0 Å². The summed E-state index contributed by atoms with van der Waals surface area (Å²) in [5.74, 6) is 1.80. The second-order valence-corrected chi connectivity index (χ2v) is 8.57. The highest BCUT2D eigenvalue weighted by Crippen LogP contribution is 2.41. The molecule has 0 atom stereocenters. The number of nitriles is 1. The Bertz CT molecular complexity index is 370. The van der Waals surface area contributed by atoms with Crippen LogP contribution in [-0.4, -0.2) is 12.7 Å². The second kappa shape index (κ2) is 10.4. The van der Waals surface area contributed by atoms with Crippen molar-refractivity contribution in [2.75, 3.05) is 6.61 Å². The van der Waals surface area contributed by atoms with Crippen molar-refractivity contribution in [2.24, 2.45) is 17.3 Å². The summed E-state index contributed by atoms with van der Waals surface area (Å²) in [6.45, 7) is 5.24. The summed E-state index contributed by atoms with van der Waals surface area (Å²) >= 11 is 0. The molecule has 0 bridgehead atoms. The molecule has 24 heavy (non-hydrogen) atoms. The summed E-state index contributed by atoms with van der Waals surface area (Å²) in [5.41, 5.74) is -0.179. The number of ether oxygens (including phenoxy) is 1. The van der Waals surface area contributed by atoms with Crippen molar-refractivity contribution in [3.8, 4) is 6.07 Å². The summed E-state index contributed by atoms with van der Waals surface area (Å²) < 4.78 is 6.26. The fourth-order valence-electron chi connectivity index (χ4n) is 4.66. The van der Waals surface area contributed by atoms with Crippen molar-refractivity contribution < 1.29 is 4.74 Å². The molecule has 0 amide bonds. The Morgan fingerprint density at radius 2 is 1.42 bits per heavy atom. The fourth-order valence-corrected chi connectivity index (χ4v) is 4.66. The Balaban J connectivity index is 1.68. The molecule has 2 aliphatic carbocycles. The Labute approximate surface area is 150 Å². The summed E-state index contributed by atoms with van der Waals surface area (Å²) in [7, 11) is 0. The van der Waals surface area contributed by atoms with Gasteiger partial charge in [-0.25, -0.2) is 0 Å². The highest BCUT2D eigenvalue weighted by Gasteiger charge is 2.36. The summed E-state index contributed by atoms with van der Waals surface area (Å²) in [4.78, 5) is 0. The Hall–Kier alpha value is -0.550. The van der Waals surface area contributed by atoms with Crippen molar-refractivity contribution in [3.05, 3.63) is 0 Å². The van der Waals surface area contributed by atoms with Gasteiger partial charge in [0.05, 0.1) is 24.2 Å². The minimum absolute atomic E-state index is 0.179. The third-order valence-corrected chi connectivity index (χ3v) is 6.62. The predicted octanol–water partition coefficient (Wildman–Crippen LogP) is 6.64. The number of nitrogens with zero attached hydrogens (tertiary/aromatic N) is 1. The van der Waals surface area contributed by atoms with Crippen LogP contribution in [0.1, 0.15) is 104 Å². The standard InChI is InChI=1S/C22H39NO/c1-3-5-7-19-9-11-21(12-10-19)24-18-22(17-23)15-13-20(14-16-22)8-6-4-2/h19-21H,3-16,18H2,1-2H3. The normalized spacial score (nSPS) is 34.0. The monoisotopic (exact) mass is 333 g/mol. The highest BCUT2D eigenvalue weighted by atomic mass is 16.5. The van der Waals surface area contributed by atoms with E-state index in [0.29, 0.717) is 12.7 Å². The third-order valence-electron chi connectivity index (χ3n) is 6.62. The average molecular weight is 334 g/mol. The van der Waals surface area contributed by atoms with Crippen LogP contribution >= 0.6 is 0 Å². The van der Waals surface area contributed by atoms with Gasteiger partial charge in [-0.15, -0.1) is 0 Å². The lowest BCUT2D eigenvalue weighted by Crippen LogP contribution is -2.34. The zero-order chi connectivity index (χ0) is 17.3. The molecule has 0 heterocycles. The number of hydrogen-bond acceptors (Lipinski definition) is 2. The van der Waals surface area contributed by atoms with Crippen LogP contribution in [0.3, 0.4) is 0 Å². The maximum atomic E-state index is 9.74. The van der Waals surface area contributed by atoms with E-state index >= 15 is 0 Å². The molecule has 0 unspecified atom stereocenters. The van der Waals surface area contributed by atoms with E-state index in [1.165, 1.54) is 77.0 Å². The molecule has 0 spiro atoms. The van der Waals surface area contributed by atoms with Crippen LogP contribution in [0.25, 0.3) is 0 Å². The molecule has 0 aliphatic heterocycles. The smallest absolute Gasteiger partial charge is 0.0807 e. The van der Waals surface area contributed by atoms with Gasteiger partial charge in [0.1, 0.15) is 0 Å². The minimum Gasteiger partial charge on any atom is -0.377 e. The first-order valence-electron chi connectivity index (χ1n) is 10.7. The molecule has 0 radical (unpaired) electrons. The van der Waals surface area contributed by atoms with Gasteiger partial charge in [0.25, 0.3) is 0 Å². The number of unbranched alkanes of at least 4 members (excludes halogenated alkanes) is 2. The molecule has 2 heteroatoms. The molecule has 2 saturated carbocycles. The highest BCUT2D eigenvalue weighted by molar-refractivity contribution is 5.02. The summed E-state index contributed by atoms with van der Waals surface area (Å²) in [5, 5.41) is 9.74. The second-order valence-electron chi connectivity index (χ2n) is 8.57. The number of hydrogen-bond donors (Lipinski definition) is 0. The minimum atomic E-state index is -0.179. The van der Waals surface area contributed by atoms with Crippen LogP contribution in [0, 0.1) is 28.6 Å². The maximum absolute atomic E-state index is 9.74. The molecule has 0 aromatic carbocycles. The zero-order valence-electron chi connectivity index (χ0n) is 16.2. The van der Waals surface area contributed by atoms with Gasteiger partial charge in [0, 0.05) is 0 Å². The third kappa shape index (κ3) is 6.07. The summed E-state index contributed by atoms with van der Waals surface area (Å²) in [6.07, 6.45) is 18.2. The first kappa shape index (κ1) is 19.8. The lowest BCUT2D eigenvalue weighted by molar-refractivity contribution is -0.0299. The lowest BCUT2D eigenvalue weighted by Gasteiger charge is -2.37. The van der Waals surface area contributed by atoms with E-state index in [1.54, 1.807) is 0 Å². The van der Waals surface area contributed by atoms with Crippen molar-refractivity contribution in [1.82, 2.24) is 0 Å². The molecule has 0 saturated heterocycles. The van der Waals surface area contributed by atoms with E-state index in [1.807, 2.05) is 0 Å². The molecule has 0 aromatic rings. The van der Waals surface area contributed by atoms with Crippen molar-refractivity contribution in [2.45, 2.75) is 110 Å². The first-order valence-corrected chi connectivity index (χ1v) is 10.7. The molecule has 0 N–H and O–H groups in total. The van der Waals surface area contributed by atoms with E-state index in [0.717, 1.165) is 24.7 Å². The van der Waals surface area contributed by atoms with E-state index in [2.05, 4.69) is 19.9 Å². The van der Waals surface area contributed by atoms with Crippen LogP contribution in [0.4, 0.5) is 0 Å². The molecule has 2 nitrogen and oxygen atoms in total. The maximum Gasteiger partial charge on any atom is 0.0807 e. The van der Waals surface area contributed by atoms with Gasteiger partial charge in [0.2, 0.25) is 0 Å². The Morgan fingerprint density at radius 3 is 1.92 bits per heavy atom. The van der Waals surface area contributed by atoms with E-state index in [-0.39, 0.29) is 5.41 Å². The van der Waals surface area contributed by atoms with Gasteiger partial charge in [-0.05, 0) is 63.2 Å². The Kier molecular flexibility index (Phi) is 8.60. The van der Waals surface area contributed by atoms with Crippen LogP contribution in [0.15, 0.2) is 0 Å². The first-order chi connectivity index (χ1) is 11.7. The van der Waals surface area contributed by atoms with Gasteiger partial charge >= 0.3 is 0 Å². The van der Waals surface area contributed by atoms with Crippen molar-refractivity contribution in [1.29, 1.82) is 5.26 Å². The van der Waals surface area contributed by atoms with Gasteiger partial charge in [-0.3, -0.25) is 0 Å².